The molecule has 1 atom stereocenters. The van der Waals surface area contributed by atoms with Crippen molar-refractivity contribution in [3.8, 4) is 11.5 Å². The van der Waals surface area contributed by atoms with E-state index in [2.05, 4.69) is 12.4 Å². The Morgan fingerprint density at radius 1 is 1.11 bits per heavy atom. The fourth-order valence-electron chi connectivity index (χ4n) is 2.80. The number of ether oxygens (including phenoxy) is 2. The van der Waals surface area contributed by atoms with Crippen molar-refractivity contribution < 1.29 is 19.2 Å². The molecule has 0 aliphatic heterocycles. The molecule has 2 aromatic rings. The Bertz CT molecular complexity index is 780. The number of methoxy groups -OCH3 is 2. The van der Waals surface area contributed by atoms with Crippen LogP contribution in [0, 0.1) is 6.92 Å². The second-order valence-electron chi connectivity index (χ2n) is 6.61. The summed E-state index contributed by atoms with van der Waals surface area (Å²) in [4.78, 5) is 13.5. The lowest BCUT2D eigenvalue weighted by molar-refractivity contribution is -0.878. The number of amides is 1. The first-order valence-electron chi connectivity index (χ1n) is 9.01. The fourth-order valence-corrected chi connectivity index (χ4v) is 2.98. The number of hydrogen-bond donors (Lipinski definition) is 2. The molecule has 2 rings (SSSR count). The average Bonchev–Trinajstić information content (AvgIpc) is 2.68. The summed E-state index contributed by atoms with van der Waals surface area (Å²) < 4.78 is 10.6. The third-order valence-corrected chi connectivity index (χ3v) is 5.02. The maximum Gasteiger partial charge on any atom is 0.230 e. The van der Waals surface area contributed by atoms with Gasteiger partial charge in [-0.2, -0.15) is 0 Å². The molecule has 146 valence electrons. The van der Waals surface area contributed by atoms with E-state index in [4.69, 9.17) is 21.1 Å². The summed E-state index contributed by atoms with van der Waals surface area (Å²) in [5.74, 6) is 1.48. The molecule has 6 heteroatoms. The van der Waals surface area contributed by atoms with Gasteiger partial charge in [0.1, 0.15) is 0 Å². The molecule has 1 unspecified atom stereocenters. The summed E-state index contributed by atoms with van der Waals surface area (Å²) >= 11 is 6.09. The van der Waals surface area contributed by atoms with Gasteiger partial charge in [-0.3, -0.25) is 4.79 Å². The average molecular weight is 392 g/mol. The molecular weight excluding hydrogens is 364 g/mol. The van der Waals surface area contributed by atoms with Crippen LogP contribution in [0.3, 0.4) is 0 Å². The van der Waals surface area contributed by atoms with Crippen molar-refractivity contribution in [1.29, 1.82) is 0 Å². The first-order chi connectivity index (χ1) is 12.9. The van der Waals surface area contributed by atoms with Gasteiger partial charge < -0.3 is 19.7 Å². The molecule has 0 spiro atoms. The topological polar surface area (TPSA) is 52.0 Å². The van der Waals surface area contributed by atoms with Gasteiger partial charge in [-0.25, -0.2) is 0 Å². The highest BCUT2D eigenvalue weighted by molar-refractivity contribution is 6.31. The highest BCUT2D eigenvalue weighted by Gasteiger charge is 2.11. The highest BCUT2D eigenvalue weighted by atomic mass is 35.5. The summed E-state index contributed by atoms with van der Waals surface area (Å²) in [6, 6.07) is 11.5. The van der Waals surface area contributed by atoms with E-state index in [1.54, 1.807) is 14.2 Å². The third kappa shape index (κ3) is 6.15. The lowest BCUT2D eigenvalue weighted by atomic mass is 10.1. The van der Waals surface area contributed by atoms with Crippen LogP contribution in [0.2, 0.25) is 5.02 Å². The Morgan fingerprint density at radius 3 is 2.56 bits per heavy atom. The molecule has 0 saturated heterocycles. The predicted octanol–water partition coefficient (Wildman–Crippen LogP) is 2.75. The first kappa shape index (κ1) is 21.1. The summed E-state index contributed by atoms with van der Waals surface area (Å²) in [7, 11) is 5.36. The summed E-state index contributed by atoms with van der Waals surface area (Å²) in [5, 5.41) is 3.60. The van der Waals surface area contributed by atoms with Gasteiger partial charge in [0.15, 0.2) is 11.5 Å². The van der Waals surface area contributed by atoms with Gasteiger partial charge in [0.25, 0.3) is 0 Å². The molecule has 0 radical (unpaired) electrons. The van der Waals surface area contributed by atoms with E-state index in [0.717, 1.165) is 42.3 Å². The number of likely N-dealkylation sites (N-methyl/N-ethyl adjacent to an activating group) is 1. The molecular formula is C21H28ClN2O3+. The quantitative estimate of drug-likeness (QED) is 0.691. The van der Waals surface area contributed by atoms with Crippen LogP contribution in [0.25, 0.3) is 0 Å². The molecule has 0 aliphatic carbocycles. The number of carbonyl (C=O) groups excluding carboxylic acids is 1. The SMILES string of the molecule is COc1ccc(CC[NH+](C)CCC(=O)Nc2cccc(Cl)c2C)cc1OC. The zero-order valence-corrected chi connectivity index (χ0v) is 17.2. The van der Waals surface area contributed by atoms with Crippen molar-refractivity contribution in [3.63, 3.8) is 0 Å². The van der Waals surface area contributed by atoms with Crippen LogP contribution >= 0.6 is 11.6 Å². The fraction of sp³-hybridized carbons (Fsp3) is 0.381. The lowest BCUT2D eigenvalue weighted by Gasteiger charge is -2.15. The van der Waals surface area contributed by atoms with Gasteiger partial charge in [-0.15, -0.1) is 0 Å². The van der Waals surface area contributed by atoms with Crippen LogP contribution in [0.15, 0.2) is 36.4 Å². The van der Waals surface area contributed by atoms with Crippen molar-refractivity contribution in [2.75, 3.05) is 39.7 Å². The van der Waals surface area contributed by atoms with Crippen LogP contribution in [-0.4, -0.2) is 40.3 Å². The Kier molecular flexibility index (Phi) is 7.95. The Balaban J connectivity index is 1.79. The van der Waals surface area contributed by atoms with Crippen LogP contribution < -0.4 is 19.7 Å². The summed E-state index contributed by atoms with van der Waals surface area (Å²) in [5.41, 5.74) is 2.85. The minimum Gasteiger partial charge on any atom is -0.493 e. The van der Waals surface area contributed by atoms with Crippen LogP contribution in [0.1, 0.15) is 17.5 Å². The van der Waals surface area contributed by atoms with E-state index < -0.39 is 0 Å². The van der Waals surface area contributed by atoms with E-state index >= 15 is 0 Å². The predicted molar refractivity (Wildman–Crippen MR) is 109 cm³/mol. The number of carbonyl (C=O) groups is 1. The van der Waals surface area contributed by atoms with E-state index in [-0.39, 0.29) is 5.91 Å². The second kappa shape index (κ2) is 10.2. The molecule has 0 saturated carbocycles. The van der Waals surface area contributed by atoms with E-state index in [1.807, 2.05) is 43.3 Å². The molecule has 0 bridgehead atoms. The summed E-state index contributed by atoms with van der Waals surface area (Å²) in [6.07, 6.45) is 1.37. The standard InChI is InChI=1S/C21H27ClN2O3/c1-15-17(22)6-5-7-18(15)23-21(25)11-13-24(2)12-10-16-8-9-19(26-3)20(14-16)27-4/h5-9,14H,10-13H2,1-4H3,(H,23,25)/p+1. The number of benzene rings is 2. The minimum atomic E-state index is 0.00540. The first-order valence-corrected chi connectivity index (χ1v) is 9.39. The molecule has 2 aromatic carbocycles. The highest BCUT2D eigenvalue weighted by Crippen LogP contribution is 2.27. The number of hydrogen-bond acceptors (Lipinski definition) is 3. The molecule has 1 amide bonds. The second-order valence-corrected chi connectivity index (χ2v) is 7.01. The zero-order valence-electron chi connectivity index (χ0n) is 16.4. The van der Waals surface area contributed by atoms with E-state index in [1.165, 1.54) is 10.5 Å². The van der Waals surface area contributed by atoms with Crippen LogP contribution in [0.4, 0.5) is 5.69 Å². The van der Waals surface area contributed by atoms with Crippen molar-refractivity contribution in [2.45, 2.75) is 19.8 Å². The Labute approximate surface area is 166 Å². The lowest BCUT2D eigenvalue weighted by Crippen LogP contribution is -3.09. The van der Waals surface area contributed by atoms with E-state index in [9.17, 15) is 4.79 Å². The van der Waals surface area contributed by atoms with Gasteiger partial charge in [-0.1, -0.05) is 23.7 Å². The van der Waals surface area contributed by atoms with Crippen LogP contribution in [-0.2, 0) is 11.2 Å². The number of anilines is 1. The number of halogens is 1. The number of quaternary nitrogens is 1. The summed E-state index contributed by atoms with van der Waals surface area (Å²) in [6.45, 7) is 3.59. The maximum atomic E-state index is 12.2. The molecule has 0 aliphatic rings. The van der Waals surface area contributed by atoms with Crippen molar-refractivity contribution >= 4 is 23.2 Å². The molecule has 2 N–H and O–H groups in total. The largest absolute Gasteiger partial charge is 0.493 e. The van der Waals surface area contributed by atoms with Crippen molar-refractivity contribution in [1.82, 2.24) is 0 Å². The Morgan fingerprint density at radius 2 is 1.85 bits per heavy atom. The normalized spacial score (nSPS) is 11.7. The van der Waals surface area contributed by atoms with Gasteiger partial charge in [0, 0.05) is 17.1 Å². The van der Waals surface area contributed by atoms with Crippen molar-refractivity contribution in [2.24, 2.45) is 0 Å². The maximum absolute atomic E-state index is 12.2. The molecule has 0 aromatic heterocycles. The number of rotatable bonds is 9. The minimum absolute atomic E-state index is 0.00540. The third-order valence-electron chi connectivity index (χ3n) is 4.61. The van der Waals surface area contributed by atoms with Gasteiger partial charge in [0.05, 0.1) is 40.8 Å². The van der Waals surface area contributed by atoms with Crippen molar-refractivity contribution in [3.05, 3.63) is 52.5 Å². The van der Waals surface area contributed by atoms with Gasteiger partial charge in [0.2, 0.25) is 5.91 Å². The zero-order chi connectivity index (χ0) is 19.8. The number of nitrogens with one attached hydrogen (secondary N) is 2. The molecule has 5 nitrogen and oxygen atoms in total. The smallest absolute Gasteiger partial charge is 0.230 e. The van der Waals surface area contributed by atoms with Gasteiger partial charge >= 0.3 is 0 Å². The molecule has 0 fully saturated rings. The Hall–Kier alpha value is -2.24. The van der Waals surface area contributed by atoms with E-state index in [0.29, 0.717) is 11.4 Å². The monoisotopic (exact) mass is 391 g/mol. The van der Waals surface area contributed by atoms with Crippen LogP contribution in [0.5, 0.6) is 11.5 Å². The molecule has 0 heterocycles. The molecule has 27 heavy (non-hydrogen) atoms. The van der Waals surface area contributed by atoms with Gasteiger partial charge in [-0.05, 0) is 42.3 Å².